The highest BCUT2D eigenvalue weighted by atomic mass is 15.3. The zero-order chi connectivity index (χ0) is 9.84. The minimum atomic E-state index is 0.182. The van der Waals surface area contributed by atoms with Crippen molar-refractivity contribution in [3.05, 3.63) is 12.3 Å². The zero-order valence-electron chi connectivity index (χ0n) is 8.49. The third kappa shape index (κ3) is 3.06. The smallest absolute Gasteiger partial charge is 0.148 e. The van der Waals surface area contributed by atoms with Gasteiger partial charge >= 0.3 is 0 Å². The van der Waals surface area contributed by atoms with Gasteiger partial charge in [0.05, 0.1) is 0 Å². The Hall–Kier alpha value is -1.03. The maximum absolute atomic E-state index is 5.87. The number of aromatic nitrogens is 2. The van der Waals surface area contributed by atoms with Gasteiger partial charge < -0.3 is 11.1 Å². The molecule has 1 atom stereocenters. The molecule has 0 aliphatic rings. The van der Waals surface area contributed by atoms with Crippen LogP contribution in [-0.4, -0.2) is 22.4 Å². The van der Waals surface area contributed by atoms with Crippen LogP contribution in [0.2, 0.25) is 0 Å². The van der Waals surface area contributed by atoms with Crippen molar-refractivity contribution in [1.29, 1.82) is 0 Å². The lowest BCUT2D eigenvalue weighted by Gasteiger charge is -2.15. The molecule has 1 unspecified atom stereocenters. The lowest BCUT2D eigenvalue weighted by molar-refractivity contribution is 0.511. The summed E-state index contributed by atoms with van der Waals surface area (Å²) in [6.07, 6.45) is 1.91. The highest BCUT2D eigenvalue weighted by molar-refractivity contribution is 5.32. The third-order valence-electron chi connectivity index (χ3n) is 2.09. The van der Waals surface area contributed by atoms with E-state index in [0.29, 0.717) is 5.92 Å². The molecule has 13 heavy (non-hydrogen) atoms. The van der Waals surface area contributed by atoms with E-state index in [-0.39, 0.29) is 6.04 Å². The van der Waals surface area contributed by atoms with Crippen molar-refractivity contribution in [2.24, 2.45) is 18.7 Å². The predicted molar refractivity (Wildman–Crippen MR) is 54.5 cm³/mol. The topological polar surface area (TPSA) is 55.9 Å². The van der Waals surface area contributed by atoms with E-state index in [1.54, 1.807) is 4.68 Å². The van der Waals surface area contributed by atoms with Crippen LogP contribution in [0.25, 0.3) is 0 Å². The Balaban J connectivity index is 2.35. The second-order valence-electron chi connectivity index (χ2n) is 3.66. The molecule has 0 aliphatic carbocycles. The van der Waals surface area contributed by atoms with Crippen LogP contribution in [0, 0.1) is 5.92 Å². The van der Waals surface area contributed by atoms with Crippen LogP contribution in [0.5, 0.6) is 0 Å². The predicted octanol–water partition coefficient (Wildman–Crippen LogP) is 0.815. The van der Waals surface area contributed by atoms with Gasteiger partial charge in [-0.05, 0) is 5.92 Å². The van der Waals surface area contributed by atoms with Crippen LogP contribution in [0.15, 0.2) is 12.3 Å². The monoisotopic (exact) mass is 182 g/mol. The van der Waals surface area contributed by atoms with E-state index in [1.165, 1.54) is 0 Å². The first-order valence-electron chi connectivity index (χ1n) is 4.58. The summed E-state index contributed by atoms with van der Waals surface area (Å²) in [5.74, 6) is 1.38. The molecular formula is C9H18N4. The van der Waals surface area contributed by atoms with Gasteiger partial charge in [0.1, 0.15) is 5.82 Å². The number of nitrogens with two attached hydrogens (primary N) is 1. The fraction of sp³-hybridized carbons (Fsp3) is 0.667. The first-order chi connectivity index (χ1) is 6.09. The summed E-state index contributed by atoms with van der Waals surface area (Å²) in [7, 11) is 1.90. The lowest BCUT2D eigenvalue weighted by atomic mass is 10.1. The number of anilines is 1. The summed E-state index contributed by atoms with van der Waals surface area (Å²) < 4.78 is 1.77. The summed E-state index contributed by atoms with van der Waals surface area (Å²) in [4.78, 5) is 0. The van der Waals surface area contributed by atoms with Crippen LogP contribution in [0.4, 0.5) is 5.82 Å². The van der Waals surface area contributed by atoms with E-state index in [0.717, 1.165) is 12.4 Å². The lowest BCUT2D eigenvalue weighted by Crippen LogP contribution is -2.34. The van der Waals surface area contributed by atoms with Gasteiger partial charge in [0, 0.05) is 31.9 Å². The van der Waals surface area contributed by atoms with Gasteiger partial charge in [0.15, 0.2) is 0 Å². The molecule has 0 aliphatic heterocycles. The summed E-state index contributed by atoms with van der Waals surface area (Å²) >= 11 is 0. The number of nitrogens with zero attached hydrogens (tertiary/aromatic N) is 2. The number of hydrogen-bond acceptors (Lipinski definition) is 3. The summed E-state index contributed by atoms with van der Waals surface area (Å²) in [6, 6.07) is 2.12. The standard InChI is InChI=1S/C9H18N4/c1-7(2)8(10)6-11-9-4-5-13(3)12-9/h4-5,7-8H,6,10H2,1-3H3,(H,11,12). The maximum atomic E-state index is 5.87. The molecule has 0 saturated heterocycles. The van der Waals surface area contributed by atoms with Crippen molar-refractivity contribution >= 4 is 5.82 Å². The van der Waals surface area contributed by atoms with Gasteiger partial charge in [-0.15, -0.1) is 0 Å². The third-order valence-corrected chi connectivity index (χ3v) is 2.09. The van der Waals surface area contributed by atoms with E-state index in [9.17, 15) is 0 Å². The van der Waals surface area contributed by atoms with Gasteiger partial charge in [0.25, 0.3) is 0 Å². The van der Waals surface area contributed by atoms with Gasteiger partial charge in [-0.3, -0.25) is 4.68 Å². The minimum Gasteiger partial charge on any atom is -0.367 e. The van der Waals surface area contributed by atoms with E-state index in [1.807, 2.05) is 19.3 Å². The molecule has 1 rings (SSSR count). The largest absolute Gasteiger partial charge is 0.367 e. The Kier molecular flexibility index (Phi) is 3.31. The molecule has 0 fully saturated rings. The molecule has 0 bridgehead atoms. The van der Waals surface area contributed by atoms with Crippen molar-refractivity contribution in [3.8, 4) is 0 Å². The Morgan fingerprint density at radius 2 is 2.31 bits per heavy atom. The number of rotatable bonds is 4. The average Bonchev–Trinajstić information content (AvgIpc) is 2.47. The Morgan fingerprint density at radius 3 is 2.77 bits per heavy atom. The van der Waals surface area contributed by atoms with Crippen molar-refractivity contribution in [1.82, 2.24) is 9.78 Å². The Labute approximate surface area is 79.1 Å². The van der Waals surface area contributed by atoms with Crippen molar-refractivity contribution in [2.75, 3.05) is 11.9 Å². The van der Waals surface area contributed by atoms with Crippen LogP contribution >= 0.6 is 0 Å². The van der Waals surface area contributed by atoms with E-state index in [2.05, 4.69) is 24.3 Å². The highest BCUT2D eigenvalue weighted by Crippen LogP contribution is 2.03. The molecule has 3 N–H and O–H groups in total. The summed E-state index contributed by atoms with van der Waals surface area (Å²) in [6.45, 7) is 5.00. The second kappa shape index (κ2) is 4.28. The Bertz CT molecular complexity index is 254. The second-order valence-corrected chi connectivity index (χ2v) is 3.66. The van der Waals surface area contributed by atoms with E-state index >= 15 is 0 Å². The number of nitrogens with one attached hydrogen (secondary N) is 1. The SMILES string of the molecule is CC(C)C(N)CNc1ccn(C)n1. The molecule has 0 amide bonds. The van der Waals surface area contributed by atoms with Gasteiger partial charge in [-0.25, -0.2) is 0 Å². The van der Waals surface area contributed by atoms with Gasteiger partial charge in [0.2, 0.25) is 0 Å². The van der Waals surface area contributed by atoms with Gasteiger partial charge in [-0.2, -0.15) is 5.10 Å². The quantitative estimate of drug-likeness (QED) is 0.724. The molecule has 0 radical (unpaired) electrons. The highest BCUT2D eigenvalue weighted by Gasteiger charge is 2.07. The molecule has 0 aromatic carbocycles. The van der Waals surface area contributed by atoms with E-state index in [4.69, 9.17) is 5.73 Å². The van der Waals surface area contributed by atoms with E-state index < -0.39 is 0 Å². The molecule has 0 saturated carbocycles. The Morgan fingerprint density at radius 1 is 1.62 bits per heavy atom. The molecule has 1 aromatic heterocycles. The minimum absolute atomic E-state index is 0.182. The molecule has 1 aromatic rings. The summed E-state index contributed by atoms with van der Waals surface area (Å²) in [5, 5.41) is 7.38. The van der Waals surface area contributed by atoms with Crippen molar-refractivity contribution in [3.63, 3.8) is 0 Å². The van der Waals surface area contributed by atoms with Gasteiger partial charge in [-0.1, -0.05) is 13.8 Å². The van der Waals surface area contributed by atoms with Crippen LogP contribution in [0.3, 0.4) is 0 Å². The maximum Gasteiger partial charge on any atom is 0.148 e. The fourth-order valence-corrected chi connectivity index (χ4v) is 0.967. The first kappa shape index (κ1) is 10.1. The van der Waals surface area contributed by atoms with Crippen LogP contribution in [-0.2, 0) is 7.05 Å². The normalized spacial score (nSPS) is 13.3. The zero-order valence-corrected chi connectivity index (χ0v) is 8.49. The molecule has 4 heteroatoms. The number of aryl methyl sites for hydroxylation is 1. The molecular weight excluding hydrogens is 164 g/mol. The van der Waals surface area contributed by atoms with Crippen molar-refractivity contribution < 1.29 is 0 Å². The van der Waals surface area contributed by atoms with Crippen LogP contribution in [0.1, 0.15) is 13.8 Å². The fourth-order valence-electron chi connectivity index (χ4n) is 0.967. The van der Waals surface area contributed by atoms with Crippen molar-refractivity contribution in [2.45, 2.75) is 19.9 Å². The van der Waals surface area contributed by atoms with Crippen LogP contribution < -0.4 is 11.1 Å². The molecule has 1 heterocycles. The number of hydrogen-bond donors (Lipinski definition) is 2. The molecule has 0 spiro atoms. The summed E-state index contributed by atoms with van der Waals surface area (Å²) in [5.41, 5.74) is 5.87. The average molecular weight is 182 g/mol. The molecule has 4 nitrogen and oxygen atoms in total. The molecule has 74 valence electrons. The first-order valence-corrected chi connectivity index (χ1v) is 4.58.